The molecule has 28 heavy (non-hydrogen) atoms. The first-order valence-electron chi connectivity index (χ1n) is 9.45. The van der Waals surface area contributed by atoms with E-state index in [1.807, 2.05) is 18.9 Å². The molecule has 158 valence electrons. The van der Waals surface area contributed by atoms with E-state index < -0.39 is 11.7 Å². The monoisotopic (exact) mass is 420 g/mol. The van der Waals surface area contributed by atoms with Crippen LogP contribution < -0.4 is 15.5 Å². The Morgan fingerprint density at radius 2 is 2.18 bits per heavy atom. The van der Waals surface area contributed by atoms with Crippen molar-refractivity contribution in [2.75, 3.05) is 51.2 Å². The summed E-state index contributed by atoms with van der Waals surface area (Å²) >= 11 is 6.07. The zero-order chi connectivity index (χ0) is 20.7. The van der Waals surface area contributed by atoms with E-state index in [4.69, 9.17) is 11.6 Å². The van der Waals surface area contributed by atoms with E-state index in [0.29, 0.717) is 25.5 Å². The number of likely N-dealkylation sites (N-methyl/N-ethyl adjacent to an activating group) is 1. The second-order valence-corrected chi connectivity index (χ2v) is 7.17. The number of nitrogens with zero attached hydrogens (tertiary/aromatic N) is 4. The molecule has 1 unspecified atom stereocenters. The standard InChI is InChI=1S/C18H28ClF3N6/c1-4-23-17(24-7-9-27(3)5-2)26-14-6-8-28(12-14)16-15(19)10-13(11-25-16)18(20,21)22/h10-11,14H,4-9,12H2,1-3H3,(H2,23,24,26). The Labute approximate surface area is 169 Å². The number of guanidine groups is 1. The first-order valence-corrected chi connectivity index (χ1v) is 9.83. The van der Waals surface area contributed by atoms with Crippen LogP contribution >= 0.6 is 11.6 Å². The smallest absolute Gasteiger partial charge is 0.357 e. The Kier molecular flexibility index (Phi) is 8.18. The SMILES string of the molecule is CCNC(=NCCN(C)CC)NC1CCN(c2ncc(C(F)(F)F)cc2Cl)C1. The van der Waals surface area contributed by atoms with E-state index >= 15 is 0 Å². The number of halogens is 4. The Morgan fingerprint density at radius 1 is 1.43 bits per heavy atom. The third kappa shape index (κ3) is 6.41. The molecule has 0 aromatic carbocycles. The maximum absolute atomic E-state index is 12.8. The molecule has 1 saturated heterocycles. The van der Waals surface area contributed by atoms with Crippen molar-refractivity contribution in [3.05, 3.63) is 22.8 Å². The zero-order valence-corrected chi connectivity index (χ0v) is 17.2. The summed E-state index contributed by atoms with van der Waals surface area (Å²) in [6, 6.07) is 1.04. The average molecular weight is 421 g/mol. The molecule has 0 spiro atoms. The Hall–Kier alpha value is -1.74. The summed E-state index contributed by atoms with van der Waals surface area (Å²) < 4.78 is 38.4. The van der Waals surface area contributed by atoms with Gasteiger partial charge in [0, 0.05) is 38.4 Å². The Balaban J connectivity index is 1.97. The van der Waals surface area contributed by atoms with E-state index in [9.17, 15) is 13.2 Å². The lowest BCUT2D eigenvalue weighted by Crippen LogP contribution is -2.45. The molecule has 10 heteroatoms. The highest BCUT2D eigenvalue weighted by atomic mass is 35.5. The van der Waals surface area contributed by atoms with E-state index in [2.05, 4.69) is 32.4 Å². The van der Waals surface area contributed by atoms with Gasteiger partial charge in [-0.1, -0.05) is 18.5 Å². The van der Waals surface area contributed by atoms with Gasteiger partial charge in [0.15, 0.2) is 5.96 Å². The molecule has 0 amide bonds. The van der Waals surface area contributed by atoms with Gasteiger partial charge >= 0.3 is 6.18 Å². The number of nitrogens with one attached hydrogen (secondary N) is 2. The highest BCUT2D eigenvalue weighted by Crippen LogP contribution is 2.34. The van der Waals surface area contributed by atoms with Crippen molar-refractivity contribution in [3.8, 4) is 0 Å². The summed E-state index contributed by atoms with van der Waals surface area (Å²) in [6.45, 7) is 8.63. The molecule has 0 saturated carbocycles. The van der Waals surface area contributed by atoms with Gasteiger partial charge in [-0.3, -0.25) is 4.99 Å². The molecule has 1 atom stereocenters. The number of pyridine rings is 1. The van der Waals surface area contributed by atoms with Crippen molar-refractivity contribution < 1.29 is 13.2 Å². The molecule has 1 aromatic heterocycles. The third-order valence-corrected chi connectivity index (χ3v) is 4.89. The Bertz CT molecular complexity index is 667. The quantitative estimate of drug-likeness (QED) is 0.524. The van der Waals surface area contributed by atoms with Gasteiger partial charge in [-0.25, -0.2) is 4.98 Å². The fourth-order valence-corrected chi connectivity index (χ4v) is 3.18. The maximum atomic E-state index is 12.8. The molecule has 0 bridgehead atoms. The molecule has 1 aromatic rings. The fraction of sp³-hybridized carbons (Fsp3) is 0.667. The van der Waals surface area contributed by atoms with Crippen LogP contribution in [0.3, 0.4) is 0 Å². The van der Waals surface area contributed by atoms with Crippen LogP contribution in [-0.4, -0.2) is 68.2 Å². The minimum absolute atomic E-state index is 0.0126. The first kappa shape index (κ1) is 22.5. The molecular formula is C18H28ClF3N6. The van der Waals surface area contributed by atoms with E-state index in [-0.39, 0.29) is 11.1 Å². The van der Waals surface area contributed by atoms with Crippen LogP contribution in [0, 0.1) is 0 Å². The van der Waals surface area contributed by atoms with Crippen LogP contribution in [0.2, 0.25) is 5.02 Å². The van der Waals surface area contributed by atoms with Gasteiger partial charge in [0.1, 0.15) is 5.82 Å². The van der Waals surface area contributed by atoms with Crippen molar-refractivity contribution in [1.29, 1.82) is 0 Å². The van der Waals surface area contributed by atoms with Gasteiger partial charge in [-0.05, 0) is 33.0 Å². The van der Waals surface area contributed by atoms with Crippen molar-refractivity contribution in [2.45, 2.75) is 32.5 Å². The van der Waals surface area contributed by atoms with Gasteiger partial charge in [-0.15, -0.1) is 0 Å². The molecule has 2 N–H and O–H groups in total. The number of hydrogen-bond acceptors (Lipinski definition) is 4. The number of anilines is 1. The van der Waals surface area contributed by atoms with Gasteiger partial charge in [0.25, 0.3) is 0 Å². The summed E-state index contributed by atoms with van der Waals surface area (Å²) in [5.74, 6) is 1.12. The summed E-state index contributed by atoms with van der Waals surface area (Å²) in [7, 11) is 2.05. The first-order chi connectivity index (χ1) is 13.2. The van der Waals surface area contributed by atoms with Crippen LogP contribution in [0.25, 0.3) is 0 Å². The molecule has 1 aliphatic heterocycles. The molecule has 0 aliphatic carbocycles. The minimum Gasteiger partial charge on any atom is -0.357 e. The van der Waals surface area contributed by atoms with Gasteiger partial charge in [0.05, 0.1) is 17.1 Å². The topological polar surface area (TPSA) is 55.8 Å². The number of aliphatic imine (C=N–C) groups is 1. The van der Waals surface area contributed by atoms with Crippen molar-refractivity contribution >= 4 is 23.4 Å². The van der Waals surface area contributed by atoms with Crippen LogP contribution in [-0.2, 0) is 6.18 Å². The molecule has 2 heterocycles. The normalized spacial score (nSPS) is 18.1. The summed E-state index contributed by atoms with van der Waals surface area (Å²) in [5.41, 5.74) is -0.839. The van der Waals surface area contributed by atoms with Gasteiger partial charge in [-0.2, -0.15) is 13.2 Å². The van der Waals surface area contributed by atoms with Crippen molar-refractivity contribution in [1.82, 2.24) is 20.5 Å². The second-order valence-electron chi connectivity index (χ2n) is 6.76. The fourth-order valence-electron chi connectivity index (χ4n) is 2.89. The number of aromatic nitrogens is 1. The molecule has 1 fully saturated rings. The van der Waals surface area contributed by atoms with E-state index in [0.717, 1.165) is 44.3 Å². The van der Waals surface area contributed by atoms with Crippen LogP contribution in [0.4, 0.5) is 19.0 Å². The third-order valence-electron chi connectivity index (χ3n) is 4.61. The lowest BCUT2D eigenvalue weighted by molar-refractivity contribution is -0.137. The van der Waals surface area contributed by atoms with E-state index in [1.165, 1.54) is 0 Å². The average Bonchev–Trinajstić information content (AvgIpc) is 3.09. The second kappa shape index (κ2) is 10.2. The lowest BCUT2D eigenvalue weighted by Gasteiger charge is -2.21. The minimum atomic E-state index is -4.45. The highest BCUT2D eigenvalue weighted by Gasteiger charge is 2.33. The summed E-state index contributed by atoms with van der Waals surface area (Å²) in [5, 5.41) is 6.63. The van der Waals surface area contributed by atoms with Crippen LogP contribution in [0.5, 0.6) is 0 Å². The summed E-state index contributed by atoms with van der Waals surface area (Å²) in [6.07, 6.45) is -2.80. The predicted molar refractivity (Wildman–Crippen MR) is 107 cm³/mol. The molecule has 0 radical (unpaired) electrons. The largest absolute Gasteiger partial charge is 0.417 e. The van der Waals surface area contributed by atoms with Crippen LogP contribution in [0.1, 0.15) is 25.8 Å². The predicted octanol–water partition coefficient (Wildman–Crippen LogP) is 2.84. The maximum Gasteiger partial charge on any atom is 0.417 e. The van der Waals surface area contributed by atoms with Gasteiger partial charge < -0.3 is 20.4 Å². The highest BCUT2D eigenvalue weighted by molar-refractivity contribution is 6.33. The number of alkyl halides is 3. The number of rotatable bonds is 7. The van der Waals surface area contributed by atoms with Crippen LogP contribution in [0.15, 0.2) is 17.3 Å². The lowest BCUT2D eigenvalue weighted by atomic mass is 10.2. The molecule has 6 nitrogen and oxygen atoms in total. The van der Waals surface area contributed by atoms with E-state index in [1.54, 1.807) is 0 Å². The zero-order valence-electron chi connectivity index (χ0n) is 16.5. The van der Waals surface area contributed by atoms with Crippen molar-refractivity contribution in [2.24, 2.45) is 4.99 Å². The van der Waals surface area contributed by atoms with Gasteiger partial charge in [0.2, 0.25) is 0 Å². The number of hydrogen-bond donors (Lipinski definition) is 2. The summed E-state index contributed by atoms with van der Waals surface area (Å²) in [4.78, 5) is 12.6. The molecule has 1 aliphatic rings. The van der Waals surface area contributed by atoms with Crippen molar-refractivity contribution in [3.63, 3.8) is 0 Å². The Morgan fingerprint density at radius 3 is 2.79 bits per heavy atom. The molecule has 2 rings (SSSR count). The molecular weight excluding hydrogens is 393 g/mol.